The van der Waals surface area contributed by atoms with E-state index in [2.05, 4.69) is 10.6 Å². The summed E-state index contributed by atoms with van der Waals surface area (Å²) in [7, 11) is 0. The van der Waals surface area contributed by atoms with Crippen molar-refractivity contribution >= 4 is 46.5 Å². The fraction of sp³-hybridized carbons (Fsp3) is 0.364. The van der Waals surface area contributed by atoms with Crippen LogP contribution in [0.3, 0.4) is 0 Å². The molecule has 1 aromatic heterocycles. The van der Waals surface area contributed by atoms with E-state index in [9.17, 15) is 19.2 Å². The number of rotatable bonds is 10. The summed E-state index contributed by atoms with van der Waals surface area (Å²) in [4.78, 5) is 49.7. The molecule has 0 bridgehead atoms. The Labute approximate surface area is 190 Å². The van der Waals surface area contributed by atoms with Crippen LogP contribution >= 0.6 is 22.9 Å². The van der Waals surface area contributed by atoms with Crippen molar-refractivity contribution in [1.82, 2.24) is 10.6 Å². The van der Waals surface area contributed by atoms with Gasteiger partial charge in [0.2, 0.25) is 11.7 Å². The zero-order valence-electron chi connectivity index (χ0n) is 17.6. The summed E-state index contributed by atoms with van der Waals surface area (Å²) in [6.45, 7) is 5.04. The molecule has 2 amide bonds. The Morgan fingerprint density at radius 2 is 1.81 bits per heavy atom. The van der Waals surface area contributed by atoms with Gasteiger partial charge in [0.05, 0.1) is 15.5 Å². The predicted octanol–water partition coefficient (Wildman–Crippen LogP) is 3.26. The molecule has 0 saturated carbocycles. The largest absolute Gasteiger partial charge is 0.456 e. The van der Waals surface area contributed by atoms with Crippen LogP contribution in [0.2, 0.25) is 5.02 Å². The Morgan fingerprint density at radius 3 is 2.45 bits per heavy atom. The average molecular weight is 465 g/mol. The van der Waals surface area contributed by atoms with Crippen molar-refractivity contribution in [2.75, 3.05) is 13.2 Å². The van der Waals surface area contributed by atoms with E-state index in [1.807, 2.05) is 6.07 Å². The summed E-state index contributed by atoms with van der Waals surface area (Å²) in [5.41, 5.74) is 0.254. The molecule has 0 unspecified atom stereocenters. The number of amides is 2. The summed E-state index contributed by atoms with van der Waals surface area (Å²) in [5.74, 6) is -1.87. The van der Waals surface area contributed by atoms with Gasteiger partial charge in [0.25, 0.3) is 5.91 Å². The molecule has 1 aromatic carbocycles. The third-order valence-electron chi connectivity index (χ3n) is 4.35. The second-order valence-electron chi connectivity index (χ2n) is 7.20. The van der Waals surface area contributed by atoms with E-state index in [0.29, 0.717) is 17.8 Å². The monoisotopic (exact) mass is 464 g/mol. The average Bonchev–Trinajstić information content (AvgIpc) is 3.18. The molecule has 2 aromatic rings. The Bertz CT molecular complexity index is 957. The Morgan fingerprint density at radius 1 is 1.10 bits per heavy atom. The summed E-state index contributed by atoms with van der Waals surface area (Å²) in [6, 6.07) is 9.08. The number of hydrogen-bond acceptors (Lipinski definition) is 6. The third kappa shape index (κ3) is 7.48. The number of hydrogen-bond donors (Lipinski definition) is 2. The van der Waals surface area contributed by atoms with Gasteiger partial charge in [0.1, 0.15) is 6.04 Å². The molecule has 0 fully saturated rings. The van der Waals surface area contributed by atoms with Crippen LogP contribution in [0.4, 0.5) is 0 Å². The van der Waals surface area contributed by atoms with Gasteiger partial charge in [0, 0.05) is 18.3 Å². The number of nitrogens with one attached hydrogen (secondary N) is 2. The first kappa shape index (κ1) is 24.6. The summed E-state index contributed by atoms with van der Waals surface area (Å²) >= 11 is 7.33. The summed E-state index contributed by atoms with van der Waals surface area (Å²) in [6.07, 6.45) is 0.612. The van der Waals surface area contributed by atoms with Gasteiger partial charge in [-0.1, -0.05) is 37.6 Å². The van der Waals surface area contributed by atoms with Crippen molar-refractivity contribution in [1.29, 1.82) is 0 Å². The molecule has 166 valence electrons. The first-order chi connectivity index (χ1) is 14.7. The Hall–Kier alpha value is -2.71. The molecular formula is C22H25ClN2O5S. The molecule has 31 heavy (non-hydrogen) atoms. The zero-order chi connectivity index (χ0) is 23.0. The number of halogens is 1. The SMILES string of the molecule is CC(=O)NCCc1ccc(C(=O)COC(=O)[C@@H](NC(=O)c2ccccc2Cl)C(C)C)s1. The lowest BCUT2D eigenvalue weighted by molar-refractivity contribution is -0.146. The van der Waals surface area contributed by atoms with Crippen LogP contribution in [0.1, 0.15) is 45.7 Å². The topological polar surface area (TPSA) is 102 Å². The van der Waals surface area contributed by atoms with Gasteiger partial charge in [-0.2, -0.15) is 0 Å². The number of thiophene rings is 1. The maximum absolute atomic E-state index is 12.5. The second kappa shape index (κ2) is 11.6. The molecule has 0 aliphatic rings. The smallest absolute Gasteiger partial charge is 0.329 e. The van der Waals surface area contributed by atoms with E-state index < -0.39 is 24.5 Å². The first-order valence-corrected chi connectivity index (χ1v) is 11.0. The van der Waals surface area contributed by atoms with Gasteiger partial charge in [-0.3, -0.25) is 14.4 Å². The van der Waals surface area contributed by atoms with Gasteiger partial charge >= 0.3 is 5.97 Å². The lowest BCUT2D eigenvalue weighted by Crippen LogP contribution is -2.45. The first-order valence-electron chi connectivity index (χ1n) is 9.77. The molecule has 0 saturated heterocycles. The minimum atomic E-state index is -0.923. The standard InChI is InChI=1S/C22H25ClN2O5S/c1-13(2)20(25-21(28)16-6-4-5-7-17(16)23)22(29)30-12-18(27)19-9-8-15(31-19)10-11-24-14(3)26/h4-9,13,20H,10-12H2,1-3H3,(H,24,26)(H,25,28)/t20-/m0/s1. The zero-order valence-corrected chi connectivity index (χ0v) is 19.1. The molecule has 1 atom stereocenters. The van der Waals surface area contributed by atoms with E-state index in [0.717, 1.165) is 4.88 Å². The van der Waals surface area contributed by atoms with Crippen molar-refractivity contribution in [2.24, 2.45) is 5.92 Å². The fourth-order valence-electron chi connectivity index (χ4n) is 2.68. The second-order valence-corrected chi connectivity index (χ2v) is 8.78. The minimum Gasteiger partial charge on any atom is -0.456 e. The van der Waals surface area contributed by atoms with Crippen molar-refractivity contribution in [3.8, 4) is 0 Å². The Balaban J connectivity index is 1.92. The van der Waals surface area contributed by atoms with Crippen molar-refractivity contribution in [3.63, 3.8) is 0 Å². The molecule has 0 spiro atoms. The highest BCUT2D eigenvalue weighted by Crippen LogP contribution is 2.18. The number of esters is 1. The van der Waals surface area contributed by atoms with Crippen LogP contribution in [-0.4, -0.2) is 42.8 Å². The number of carbonyl (C=O) groups is 4. The number of ketones is 1. The molecule has 9 heteroatoms. The number of Topliss-reactive ketones (excluding diaryl/α,β-unsaturated/α-hetero) is 1. The summed E-state index contributed by atoms with van der Waals surface area (Å²) < 4.78 is 5.18. The molecular weight excluding hydrogens is 440 g/mol. The fourth-order valence-corrected chi connectivity index (χ4v) is 3.84. The van der Waals surface area contributed by atoms with E-state index in [1.165, 1.54) is 18.3 Å². The summed E-state index contributed by atoms with van der Waals surface area (Å²) in [5, 5.41) is 5.61. The van der Waals surface area contributed by atoms with Crippen LogP contribution in [0.15, 0.2) is 36.4 Å². The van der Waals surface area contributed by atoms with Gasteiger partial charge in [-0.05, 0) is 36.6 Å². The number of benzene rings is 1. The molecule has 0 aliphatic carbocycles. The normalized spacial score (nSPS) is 11.6. The molecule has 0 aliphatic heterocycles. The van der Waals surface area contributed by atoms with E-state index in [-0.39, 0.29) is 28.2 Å². The molecule has 2 N–H and O–H groups in total. The molecule has 1 heterocycles. The number of carbonyl (C=O) groups excluding carboxylic acids is 4. The predicted molar refractivity (Wildman–Crippen MR) is 120 cm³/mol. The third-order valence-corrected chi connectivity index (χ3v) is 5.87. The lowest BCUT2D eigenvalue weighted by Gasteiger charge is -2.21. The van der Waals surface area contributed by atoms with Crippen molar-refractivity contribution in [2.45, 2.75) is 33.2 Å². The van der Waals surface area contributed by atoms with E-state index in [1.54, 1.807) is 44.2 Å². The minimum absolute atomic E-state index is 0.110. The highest BCUT2D eigenvalue weighted by molar-refractivity contribution is 7.14. The van der Waals surface area contributed by atoms with Crippen LogP contribution in [0.5, 0.6) is 0 Å². The highest BCUT2D eigenvalue weighted by Gasteiger charge is 2.27. The van der Waals surface area contributed by atoms with Gasteiger partial charge in [0.15, 0.2) is 6.61 Å². The molecule has 7 nitrogen and oxygen atoms in total. The van der Waals surface area contributed by atoms with Crippen LogP contribution in [-0.2, 0) is 20.7 Å². The quantitative estimate of drug-likeness (QED) is 0.415. The highest BCUT2D eigenvalue weighted by atomic mass is 35.5. The Kier molecular flexibility index (Phi) is 9.21. The van der Waals surface area contributed by atoms with E-state index >= 15 is 0 Å². The van der Waals surface area contributed by atoms with Crippen LogP contribution in [0, 0.1) is 5.92 Å². The van der Waals surface area contributed by atoms with Crippen molar-refractivity contribution < 1.29 is 23.9 Å². The van der Waals surface area contributed by atoms with E-state index in [4.69, 9.17) is 16.3 Å². The molecule has 0 radical (unpaired) electrons. The maximum Gasteiger partial charge on any atom is 0.329 e. The van der Waals surface area contributed by atoms with Gasteiger partial charge in [-0.15, -0.1) is 11.3 Å². The van der Waals surface area contributed by atoms with Crippen molar-refractivity contribution in [3.05, 3.63) is 56.7 Å². The maximum atomic E-state index is 12.5. The molecule has 2 rings (SSSR count). The van der Waals surface area contributed by atoms with Gasteiger partial charge in [-0.25, -0.2) is 4.79 Å². The van der Waals surface area contributed by atoms with Crippen LogP contribution < -0.4 is 10.6 Å². The lowest BCUT2D eigenvalue weighted by atomic mass is 10.0. The van der Waals surface area contributed by atoms with Gasteiger partial charge < -0.3 is 15.4 Å². The number of ether oxygens (including phenoxy) is 1. The van der Waals surface area contributed by atoms with Crippen LogP contribution in [0.25, 0.3) is 0 Å².